The summed E-state index contributed by atoms with van der Waals surface area (Å²) in [7, 11) is -3.80. The van der Waals surface area contributed by atoms with Crippen LogP contribution < -0.4 is 0 Å². The van der Waals surface area contributed by atoms with Gasteiger partial charge in [0.05, 0.1) is 12.7 Å². The van der Waals surface area contributed by atoms with Gasteiger partial charge in [-0.25, -0.2) is 4.89 Å². The Hall–Kier alpha value is 0.274. The summed E-state index contributed by atoms with van der Waals surface area (Å²) in [5, 5.41) is 9.78. The fourth-order valence-corrected chi connectivity index (χ4v) is 9.61. The zero-order chi connectivity index (χ0) is 18.4. The van der Waals surface area contributed by atoms with E-state index in [1.165, 1.54) is 0 Å². The summed E-state index contributed by atoms with van der Waals surface area (Å²) in [5.41, 5.74) is 1.33. The molecule has 0 aliphatic heterocycles. The first kappa shape index (κ1) is 23.3. The molecule has 0 radical (unpaired) electrons. The molecule has 0 aliphatic carbocycles. The maximum absolute atomic E-state index is 9.78. The van der Waals surface area contributed by atoms with Crippen molar-refractivity contribution < 1.29 is 19.0 Å². The molecule has 140 valence electrons. The van der Waals surface area contributed by atoms with Crippen LogP contribution in [0.25, 0.3) is 0 Å². The van der Waals surface area contributed by atoms with Crippen LogP contribution in [0, 0.1) is 0 Å². The Bertz CT molecular complexity index is 305. The highest BCUT2D eigenvalue weighted by Gasteiger charge is 2.47. The summed E-state index contributed by atoms with van der Waals surface area (Å²) in [4.78, 5) is 5.85. The van der Waals surface area contributed by atoms with E-state index in [0.29, 0.717) is 16.6 Å². The van der Waals surface area contributed by atoms with Gasteiger partial charge in [0.15, 0.2) is 8.32 Å². The third kappa shape index (κ3) is 6.59. The van der Waals surface area contributed by atoms with E-state index in [1.54, 1.807) is 0 Å². The third-order valence-electron chi connectivity index (χ3n) is 4.53. The second-order valence-corrected chi connectivity index (χ2v) is 18.2. The van der Waals surface area contributed by atoms with Gasteiger partial charge in [0.1, 0.15) is 6.10 Å². The highest BCUT2D eigenvalue weighted by atomic mass is 28.4. The first-order valence-electron chi connectivity index (χ1n) is 9.05. The van der Waals surface area contributed by atoms with Crippen LogP contribution in [0.15, 0.2) is 0 Å². The Morgan fingerprint density at radius 1 is 0.826 bits per heavy atom. The van der Waals surface area contributed by atoms with E-state index in [9.17, 15) is 5.11 Å². The molecular formula is C17H40O4Si2. The number of aliphatic hydroxyl groups excluding tert-OH is 1. The van der Waals surface area contributed by atoms with Crippen LogP contribution in [0.5, 0.6) is 0 Å². The first-order valence-corrected chi connectivity index (χ1v) is 14.6. The van der Waals surface area contributed by atoms with Crippen LogP contribution in [-0.4, -0.2) is 40.6 Å². The van der Waals surface area contributed by atoms with E-state index in [2.05, 4.69) is 68.1 Å². The quantitative estimate of drug-likeness (QED) is 0.315. The summed E-state index contributed by atoms with van der Waals surface area (Å²) >= 11 is 0. The topological polar surface area (TPSA) is 47.9 Å². The largest absolute Gasteiger partial charge is 0.412 e. The molecule has 0 saturated carbocycles. The minimum Gasteiger partial charge on any atom is -0.412 e. The van der Waals surface area contributed by atoms with Gasteiger partial charge in [0, 0.05) is 0 Å². The number of hydrogen-bond acceptors (Lipinski definition) is 4. The summed E-state index contributed by atoms with van der Waals surface area (Å²) in [6, 6.07) is 0. The van der Waals surface area contributed by atoms with Crippen molar-refractivity contribution in [1.82, 2.24) is 0 Å². The van der Waals surface area contributed by atoms with Crippen LogP contribution in [0.2, 0.25) is 36.3 Å². The lowest BCUT2D eigenvalue weighted by molar-refractivity contribution is -0.284. The minimum absolute atomic E-state index is 0.0816. The zero-order valence-corrected chi connectivity index (χ0v) is 19.0. The van der Waals surface area contributed by atoms with E-state index in [4.69, 9.17) is 13.9 Å². The number of aliphatic hydroxyl groups is 1. The van der Waals surface area contributed by atoms with Crippen molar-refractivity contribution in [2.24, 2.45) is 0 Å². The van der Waals surface area contributed by atoms with Gasteiger partial charge in [-0.05, 0) is 42.7 Å². The lowest BCUT2D eigenvalue weighted by Gasteiger charge is -2.42. The van der Waals surface area contributed by atoms with E-state index >= 15 is 0 Å². The Kier molecular flexibility index (Phi) is 9.79. The third-order valence-corrected chi connectivity index (χ3v) is 11.3. The predicted molar refractivity (Wildman–Crippen MR) is 103 cm³/mol. The molecule has 0 fully saturated rings. The van der Waals surface area contributed by atoms with Crippen molar-refractivity contribution >= 4 is 16.6 Å². The van der Waals surface area contributed by atoms with Gasteiger partial charge in [-0.2, -0.15) is 0 Å². The molecule has 0 aromatic rings. The molecule has 0 spiro atoms. The lowest BCUT2D eigenvalue weighted by Crippen LogP contribution is -2.50. The molecule has 0 bridgehead atoms. The van der Waals surface area contributed by atoms with Gasteiger partial charge in [-0.1, -0.05) is 48.5 Å². The molecule has 0 heterocycles. The normalized spacial score (nSPS) is 16.4. The Balaban J connectivity index is 5.17. The molecule has 6 heteroatoms. The van der Waals surface area contributed by atoms with Gasteiger partial charge < -0.3 is 9.53 Å². The molecule has 0 aromatic heterocycles. The lowest BCUT2D eigenvalue weighted by atomic mass is 10.2. The van der Waals surface area contributed by atoms with E-state index in [1.807, 2.05) is 0 Å². The van der Waals surface area contributed by atoms with Gasteiger partial charge in [0.2, 0.25) is 8.32 Å². The molecule has 0 saturated heterocycles. The molecular weight excluding hydrogens is 324 g/mol. The van der Waals surface area contributed by atoms with Gasteiger partial charge in [-0.15, -0.1) is 0 Å². The zero-order valence-electron chi connectivity index (χ0n) is 17.0. The van der Waals surface area contributed by atoms with Gasteiger partial charge >= 0.3 is 0 Å². The molecule has 4 nitrogen and oxygen atoms in total. The fraction of sp³-hybridized carbons (Fsp3) is 1.00. The highest BCUT2D eigenvalue weighted by Crippen LogP contribution is 2.42. The van der Waals surface area contributed by atoms with Crippen LogP contribution in [-0.2, 0) is 13.9 Å². The van der Waals surface area contributed by atoms with Crippen molar-refractivity contribution in [3.8, 4) is 0 Å². The molecule has 0 rings (SSSR count). The van der Waals surface area contributed by atoms with Crippen molar-refractivity contribution in [2.75, 3.05) is 6.61 Å². The summed E-state index contributed by atoms with van der Waals surface area (Å²) in [5.74, 6) is 0. The fourth-order valence-electron chi connectivity index (χ4n) is 3.52. The van der Waals surface area contributed by atoms with Crippen LogP contribution >= 0.6 is 0 Å². The summed E-state index contributed by atoms with van der Waals surface area (Å²) in [6.07, 6.45) is 0.262. The number of rotatable bonds is 11. The molecule has 23 heavy (non-hydrogen) atoms. The highest BCUT2D eigenvalue weighted by molar-refractivity contribution is 6.77. The maximum Gasteiger partial charge on any atom is 0.246 e. The van der Waals surface area contributed by atoms with Crippen LogP contribution in [0.3, 0.4) is 0 Å². The predicted octanol–water partition coefficient (Wildman–Crippen LogP) is 5.10. The average Bonchev–Trinajstić information content (AvgIpc) is 2.39. The maximum atomic E-state index is 9.78. The smallest absolute Gasteiger partial charge is 0.246 e. The van der Waals surface area contributed by atoms with E-state index in [-0.39, 0.29) is 12.7 Å². The summed E-state index contributed by atoms with van der Waals surface area (Å²) in [6.45, 7) is 21.8. The molecule has 0 aliphatic rings. The van der Waals surface area contributed by atoms with Crippen molar-refractivity contribution in [3.63, 3.8) is 0 Å². The molecule has 0 unspecified atom stereocenters. The van der Waals surface area contributed by atoms with E-state index < -0.39 is 22.7 Å². The van der Waals surface area contributed by atoms with E-state index in [0.717, 1.165) is 6.42 Å². The molecule has 0 aromatic carbocycles. The monoisotopic (exact) mass is 364 g/mol. The molecule has 1 N–H and O–H groups in total. The SMILES string of the molecule is CC[C@@H](O[Si](C)(C)C)[C@H](CO)OO[Si](C(C)C)(C(C)C)C(C)C. The Morgan fingerprint density at radius 3 is 1.52 bits per heavy atom. The first-order chi connectivity index (χ1) is 10.4. The van der Waals surface area contributed by atoms with Crippen molar-refractivity contribution in [2.45, 2.75) is 103 Å². The van der Waals surface area contributed by atoms with Crippen LogP contribution in [0.1, 0.15) is 54.9 Å². The van der Waals surface area contributed by atoms with Crippen LogP contribution in [0.4, 0.5) is 0 Å². The average molecular weight is 365 g/mol. The summed E-state index contributed by atoms with van der Waals surface area (Å²) < 4.78 is 12.4. The number of hydrogen-bond donors (Lipinski definition) is 1. The molecule has 2 atom stereocenters. The van der Waals surface area contributed by atoms with Crippen molar-refractivity contribution in [3.05, 3.63) is 0 Å². The van der Waals surface area contributed by atoms with Gasteiger partial charge in [0.25, 0.3) is 0 Å². The Labute approximate surface area is 146 Å². The standard InChI is InChI=1S/C17H40O4Si2/c1-11-16(20-22(8,9)10)17(12-18)19-21-23(13(2)3,14(4)5)15(6)7/h13-18H,11-12H2,1-10H3/t16-,17+/m1/s1. The molecule has 0 amide bonds. The minimum atomic E-state index is -2.10. The Morgan fingerprint density at radius 2 is 1.26 bits per heavy atom. The second-order valence-electron chi connectivity index (χ2n) is 8.40. The van der Waals surface area contributed by atoms with Gasteiger partial charge in [-0.3, -0.25) is 4.58 Å². The second kappa shape index (κ2) is 9.68. The van der Waals surface area contributed by atoms with Crippen molar-refractivity contribution in [1.29, 1.82) is 0 Å².